The Morgan fingerprint density at radius 2 is 1.29 bits per heavy atom. The molecule has 0 spiro atoms. The first-order valence-corrected chi connectivity index (χ1v) is 8.04. The smallest absolute Gasteiger partial charge is 0.131 e. The summed E-state index contributed by atoms with van der Waals surface area (Å²) in [6, 6.07) is 22.3. The van der Waals surface area contributed by atoms with Gasteiger partial charge in [0, 0.05) is 5.56 Å². The van der Waals surface area contributed by atoms with E-state index < -0.39 is 0 Å². The van der Waals surface area contributed by atoms with Crippen molar-refractivity contribution in [1.29, 1.82) is 5.26 Å². The Kier molecular flexibility index (Phi) is 5.87. The van der Waals surface area contributed by atoms with Crippen molar-refractivity contribution < 1.29 is 4.39 Å². The van der Waals surface area contributed by atoms with Gasteiger partial charge in [-0.1, -0.05) is 67.9 Å². The highest BCUT2D eigenvalue weighted by Crippen LogP contribution is 2.28. The molecular formula is C22H20FN. The zero-order valence-corrected chi connectivity index (χ0v) is 14.2. The first-order valence-electron chi connectivity index (χ1n) is 8.04. The van der Waals surface area contributed by atoms with Crippen molar-refractivity contribution in [2.45, 2.75) is 20.8 Å². The molecule has 0 bridgehead atoms. The van der Waals surface area contributed by atoms with Crippen molar-refractivity contribution in [1.82, 2.24) is 0 Å². The Morgan fingerprint density at radius 3 is 1.83 bits per heavy atom. The van der Waals surface area contributed by atoms with Crippen LogP contribution in [0, 0.1) is 24.1 Å². The molecule has 0 saturated heterocycles. The number of benzene rings is 3. The van der Waals surface area contributed by atoms with Crippen molar-refractivity contribution in [2.75, 3.05) is 0 Å². The Balaban J connectivity index is 0.00000100. The highest BCUT2D eigenvalue weighted by atomic mass is 19.1. The Bertz CT molecular complexity index is 841. The maximum atomic E-state index is 14.4. The fourth-order valence-corrected chi connectivity index (χ4v) is 2.40. The van der Waals surface area contributed by atoms with E-state index in [1.54, 1.807) is 18.2 Å². The zero-order valence-electron chi connectivity index (χ0n) is 14.2. The van der Waals surface area contributed by atoms with E-state index in [4.69, 9.17) is 5.26 Å². The van der Waals surface area contributed by atoms with Gasteiger partial charge >= 0.3 is 0 Å². The highest BCUT2D eigenvalue weighted by molar-refractivity contribution is 5.71. The maximum Gasteiger partial charge on any atom is 0.131 e. The molecule has 24 heavy (non-hydrogen) atoms. The second-order valence-corrected chi connectivity index (χ2v) is 5.25. The van der Waals surface area contributed by atoms with Gasteiger partial charge in [-0.3, -0.25) is 0 Å². The minimum absolute atomic E-state index is 0.245. The first-order chi connectivity index (χ1) is 11.7. The van der Waals surface area contributed by atoms with E-state index in [1.807, 2.05) is 63.2 Å². The Labute approximate surface area is 143 Å². The molecule has 0 unspecified atom stereocenters. The van der Waals surface area contributed by atoms with E-state index in [-0.39, 0.29) is 5.82 Å². The van der Waals surface area contributed by atoms with E-state index in [0.29, 0.717) is 11.1 Å². The largest absolute Gasteiger partial charge is 0.206 e. The summed E-state index contributed by atoms with van der Waals surface area (Å²) in [6.45, 7) is 6.01. The summed E-state index contributed by atoms with van der Waals surface area (Å²) in [5.74, 6) is -0.245. The van der Waals surface area contributed by atoms with Crippen molar-refractivity contribution in [2.24, 2.45) is 0 Å². The predicted octanol–water partition coefficient (Wildman–Crippen LogP) is 6.37. The summed E-state index contributed by atoms with van der Waals surface area (Å²) in [4.78, 5) is 0. The van der Waals surface area contributed by atoms with Gasteiger partial charge < -0.3 is 0 Å². The normalized spacial score (nSPS) is 9.62. The van der Waals surface area contributed by atoms with Crippen molar-refractivity contribution in [3.63, 3.8) is 0 Å². The zero-order chi connectivity index (χ0) is 17.5. The number of nitrogens with zero attached hydrogens (tertiary/aromatic N) is 1. The molecule has 3 rings (SSSR count). The summed E-state index contributed by atoms with van der Waals surface area (Å²) >= 11 is 0. The van der Waals surface area contributed by atoms with Crippen LogP contribution in [0.2, 0.25) is 0 Å². The molecule has 3 aromatic rings. The number of halogens is 1. The molecular weight excluding hydrogens is 297 g/mol. The number of rotatable bonds is 2. The van der Waals surface area contributed by atoms with Crippen molar-refractivity contribution >= 4 is 0 Å². The van der Waals surface area contributed by atoms with E-state index in [1.165, 1.54) is 6.07 Å². The lowest BCUT2D eigenvalue weighted by Crippen LogP contribution is -1.87. The molecule has 0 fully saturated rings. The maximum absolute atomic E-state index is 14.4. The molecule has 0 N–H and O–H groups in total. The van der Waals surface area contributed by atoms with Crippen LogP contribution >= 0.6 is 0 Å². The van der Waals surface area contributed by atoms with Crippen LogP contribution in [0.4, 0.5) is 4.39 Å². The molecule has 0 saturated carbocycles. The molecule has 2 heteroatoms. The van der Waals surface area contributed by atoms with Crippen LogP contribution in [0.1, 0.15) is 25.0 Å². The summed E-state index contributed by atoms with van der Waals surface area (Å²) in [6.07, 6.45) is 0. The third kappa shape index (κ3) is 3.88. The fourth-order valence-electron chi connectivity index (χ4n) is 2.40. The van der Waals surface area contributed by atoms with Crippen LogP contribution in [-0.4, -0.2) is 0 Å². The molecule has 0 aliphatic heterocycles. The number of nitriles is 1. The van der Waals surface area contributed by atoms with Crippen molar-refractivity contribution in [3.05, 3.63) is 83.7 Å². The second-order valence-electron chi connectivity index (χ2n) is 5.25. The van der Waals surface area contributed by atoms with Gasteiger partial charge in [0.15, 0.2) is 0 Å². The van der Waals surface area contributed by atoms with E-state index >= 15 is 0 Å². The van der Waals surface area contributed by atoms with E-state index in [9.17, 15) is 4.39 Å². The monoisotopic (exact) mass is 317 g/mol. The SMILES string of the molecule is CC.Cc1ccc(-c2ccc(-c3ccc(C#N)cc3)cc2F)cc1. The molecule has 0 aliphatic rings. The quantitative estimate of drug-likeness (QED) is 0.539. The molecule has 0 aliphatic carbocycles. The van der Waals surface area contributed by atoms with Crippen LogP contribution in [0.5, 0.6) is 0 Å². The highest BCUT2D eigenvalue weighted by Gasteiger charge is 2.07. The number of hydrogen-bond acceptors (Lipinski definition) is 1. The third-order valence-electron chi connectivity index (χ3n) is 3.68. The lowest BCUT2D eigenvalue weighted by atomic mass is 9.98. The van der Waals surface area contributed by atoms with Gasteiger partial charge in [-0.25, -0.2) is 4.39 Å². The molecule has 0 aromatic heterocycles. The van der Waals surface area contributed by atoms with Crippen LogP contribution in [0.15, 0.2) is 66.7 Å². The lowest BCUT2D eigenvalue weighted by molar-refractivity contribution is 0.632. The molecule has 3 aromatic carbocycles. The van der Waals surface area contributed by atoms with E-state index in [2.05, 4.69) is 6.07 Å². The van der Waals surface area contributed by atoms with E-state index in [0.717, 1.165) is 22.3 Å². The number of aryl methyl sites for hydroxylation is 1. The third-order valence-corrected chi connectivity index (χ3v) is 3.68. The minimum Gasteiger partial charge on any atom is -0.206 e. The average molecular weight is 317 g/mol. The Morgan fingerprint density at radius 1 is 0.750 bits per heavy atom. The van der Waals surface area contributed by atoms with Crippen LogP contribution in [-0.2, 0) is 0 Å². The minimum atomic E-state index is -0.245. The van der Waals surface area contributed by atoms with Gasteiger partial charge in [0.2, 0.25) is 0 Å². The summed E-state index contributed by atoms with van der Waals surface area (Å²) < 4.78 is 14.4. The molecule has 0 amide bonds. The van der Waals surface area contributed by atoms with Gasteiger partial charge in [-0.15, -0.1) is 0 Å². The second kappa shape index (κ2) is 8.08. The molecule has 1 nitrogen and oxygen atoms in total. The first kappa shape index (κ1) is 17.4. The number of hydrogen-bond donors (Lipinski definition) is 0. The molecule has 0 radical (unpaired) electrons. The summed E-state index contributed by atoms with van der Waals surface area (Å²) in [7, 11) is 0. The van der Waals surface area contributed by atoms with Gasteiger partial charge in [-0.05, 0) is 41.8 Å². The van der Waals surface area contributed by atoms with Gasteiger partial charge in [0.1, 0.15) is 5.82 Å². The molecule has 120 valence electrons. The average Bonchev–Trinajstić information content (AvgIpc) is 2.64. The van der Waals surface area contributed by atoms with Gasteiger partial charge in [0.25, 0.3) is 0 Å². The van der Waals surface area contributed by atoms with Crippen LogP contribution in [0.25, 0.3) is 22.3 Å². The molecule has 0 heterocycles. The predicted molar refractivity (Wildman–Crippen MR) is 98.1 cm³/mol. The summed E-state index contributed by atoms with van der Waals surface area (Å²) in [5, 5.41) is 8.82. The van der Waals surface area contributed by atoms with Gasteiger partial charge in [-0.2, -0.15) is 5.26 Å². The Hall–Kier alpha value is -2.92. The lowest BCUT2D eigenvalue weighted by Gasteiger charge is -2.07. The van der Waals surface area contributed by atoms with Gasteiger partial charge in [0.05, 0.1) is 11.6 Å². The summed E-state index contributed by atoms with van der Waals surface area (Å²) in [5.41, 5.74) is 4.91. The standard InChI is InChI=1S/C20H14FN.C2H6/c1-14-2-6-17(7-3-14)19-11-10-18(12-20(19)21)16-8-4-15(13-22)5-9-16;1-2/h2-12H,1H3;1-2H3. The fraction of sp³-hybridized carbons (Fsp3) is 0.136. The van der Waals surface area contributed by atoms with Crippen LogP contribution < -0.4 is 0 Å². The topological polar surface area (TPSA) is 23.8 Å². The van der Waals surface area contributed by atoms with Crippen molar-refractivity contribution in [3.8, 4) is 28.3 Å². The molecule has 0 atom stereocenters. The van der Waals surface area contributed by atoms with Crippen LogP contribution in [0.3, 0.4) is 0 Å².